The molecular formula is C21H18FN3O3. The molecule has 142 valence electrons. The third-order valence-corrected chi connectivity index (χ3v) is 4.34. The maximum atomic E-state index is 13.8. The van der Waals surface area contributed by atoms with E-state index in [-0.39, 0.29) is 31.2 Å². The number of esters is 1. The summed E-state index contributed by atoms with van der Waals surface area (Å²) >= 11 is 0. The highest BCUT2D eigenvalue weighted by molar-refractivity contribution is 5.69. The lowest BCUT2D eigenvalue weighted by molar-refractivity contribution is -0.145. The minimum Gasteiger partial charge on any atom is -0.459 e. The van der Waals surface area contributed by atoms with Crippen molar-refractivity contribution >= 4 is 11.6 Å². The third kappa shape index (κ3) is 3.78. The first-order valence-corrected chi connectivity index (χ1v) is 8.88. The molecule has 0 saturated carbocycles. The highest BCUT2D eigenvalue weighted by Crippen LogP contribution is 2.23. The number of carbonyl (C=O) groups excluding carboxylic acids is 1. The van der Waals surface area contributed by atoms with Crippen molar-refractivity contribution in [2.75, 3.05) is 0 Å². The molecule has 4 aromatic rings. The topological polar surface area (TPSA) is 69.6 Å². The number of aryl methyl sites for hydroxylation is 2. The molecule has 0 radical (unpaired) electrons. The summed E-state index contributed by atoms with van der Waals surface area (Å²) in [6.07, 6.45) is 5.58. The van der Waals surface area contributed by atoms with Crippen molar-refractivity contribution in [2.24, 2.45) is 0 Å². The number of rotatable bonds is 6. The van der Waals surface area contributed by atoms with E-state index in [9.17, 15) is 9.18 Å². The average molecular weight is 379 g/mol. The van der Waals surface area contributed by atoms with Gasteiger partial charge in [-0.25, -0.2) is 14.4 Å². The SMILES string of the molecule is Cc1cccn2cc(COC(=O)CCc3ncc(-c4ccccc4F)o3)nc12. The number of halogens is 1. The van der Waals surface area contributed by atoms with E-state index in [0.717, 1.165) is 11.2 Å². The molecule has 0 bridgehead atoms. The molecule has 0 aliphatic heterocycles. The zero-order valence-electron chi connectivity index (χ0n) is 15.3. The van der Waals surface area contributed by atoms with Gasteiger partial charge in [0.2, 0.25) is 0 Å². The Morgan fingerprint density at radius 2 is 2.11 bits per heavy atom. The second kappa shape index (κ2) is 7.64. The zero-order chi connectivity index (χ0) is 19.5. The molecule has 1 aromatic carbocycles. The summed E-state index contributed by atoms with van der Waals surface area (Å²) in [5.74, 6) is -0.0631. The zero-order valence-corrected chi connectivity index (χ0v) is 15.3. The fraction of sp³-hybridized carbons (Fsp3) is 0.190. The second-order valence-electron chi connectivity index (χ2n) is 6.41. The maximum Gasteiger partial charge on any atom is 0.306 e. The van der Waals surface area contributed by atoms with Gasteiger partial charge in [0, 0.05) is 18.8 Å². The van der Waals surface area contributed by atoms with Crippen LogP contribution in [-0.4, -0.2) is 20.3 Å². The standard InChI is InChI=1S/C21H18FN3O3/c1-14-5-4-10-25-12-15(24-21(14)25)13-27-20(26)9-8-19-23-11-18(28-19)16-6-2-3-7-17(16)22/h2-7,10-12H,8-9,13H2,1H3. The molecule has 3 aromatic heterocycles. The number of ether oxygens (including phenoxy) is 1. The molecule has 28 heavy (non-hydrogen) atoms. The quantitative estimate of drug-likeness (QED) is 0.472. The van der Waals surface area contributed by atoms with Crippen LogP contribution in [0.4, 0.5) is 4.39 Å². The van der Waals surface area contributed by atoms with Crippen molar-refractivity contribution in [2.45, 2.75) is 26.4 Å². The summed E-state index contributed by atoms with van der Waals surface area (Å²) in [5.41, 5.74) is 2.91. The normalized spacial score (nSPS) is 11.1. The molecule has 0 aliphatic rings. The summed E-state index contributed by atoms with van der Waals surface area (Å²) in [7, 11) is 0. The maximum absolute atomic E-state index is 13.8. The summed E-state index contributed by atoms with van der Waals surface area (Å²) < 4.78 is 26.5. The van der Waals surface area contributed by atoms with Crippen LogP contribution in [0.3, 0.4) is 0 Å². The Morgan fingerprint density at radius 1 is 1.25 bits per heavy atom. The van der Waals surface area contributed by atoms with Crippen LogP contribution in [0, 0.1) is 12.7 Å². The molecule has 3 heterocycles. The van der Waals surface area contributed by atoms with Crippen molar-refractivity contribution in [3.63, 3.8) is 0 Å². The van der Waals surface area contributed by atoms with Crippen molar-refractivity contribution in [3.05, 3.63) is 78.0 Å². The molecule has 6 nitrogen and oxygen atoms in total. The molecule has 0 amide bonds. The smallest absolute Gasteiger partial charge is 0.306 e. The number of fused-ring (bicyclic) bond motifs is 1. The van der Waals surface area contributed by atoms with Crippen LogP contribution >= 0.6 is 0 Å². The Hall–Kier alpha value is -3.48. The Bertz CT molecular complexity index is 1130. The van der Waals surface area contributed by atoms with Crippen molar-refractivity contribution in [1.82, 2.24) is 14.4 Å². The summed E-state index contributed by atoms with van der Waals surface area (Å²) in [5, 5.41) is 0. The molecular weight excluding hydrogens is 361 g/mol. The lowest BCUT2D eigenvalue weighted by Gasteiger charge is -2.01. The van der Waals surface area contributed by atoms with Gasteiger partial charge in [0.25, 0.3) is 0 Å². The highest BCUT2D eigenvalue weighted by atomic mass is 19.1. The molecule has 0 atom stereocenters. The van der Waals surface area contributed by atoms with E-state index in [1.54, 1.807) is 18.2 Å². The van der Waals surface area contributed by atoms with E-state index in [0.29, 0.717) is 22.9 Å². The van der Waals surface area contributed by atoms with E-state index in [1.807, 2.05) is 35.9 Å². The van der Waals surface area contributed by atoms with Crippen LogP contribution in [0.15, 0.2) is 59.4 Å². The lowest BCUT2D eigenvalue weighted by Crippen LogP contribution is -2.06. The number of imidazole rings is 1. The van der Waals surface area contributed by atoms with Crippen LogP contribution in [0.2, 0.25) is 0 Å². The van der Waals surface area contributed by atoms with Crippen LogP contribution in [0.1, 0.15) is 23.6 Å². The van der Waals surface area contributed by atoms with E-state index in [1.165, 1.54) is 12.3 Å². The van der Waals surface area contributed by atoms with Crippen LogP contribution in [-0.2, 0) is 22.6 Å². The number of oxazole rings is 1. The van der Waals surface area contributed by atoms with Gasteiger partial charge in [0.1, 0.15) is 18.1 Å². The first kappa shape index (κ1) is 17.9. The molecule has 0 saturated heterocycles. The van der Waals surface area contributed by atoms with Gasteiger partial charge in [-0.15, -0.1) is 0 Å². The molecule has 0 aliphatic carbocycles. The number of pyridine rings is 1. The number of carbonyl (C=O) groups is 1. The van der Waals surface area contributed by atoms with Crippen LogP contribution in [0.5, 0.6) is 0 Å². The molecule has 0 fully saturated rings. The number of aromatic nitrogens is 3. The Labute approximate surface area is 160 Å². The highest BCUT2D eigenvalue weighted by Gasteiger charge is 2.13. The van der Waals surface area contributed by atoms with Crippen LogP contribution < -0.4 is 0 Å². The fourth-order valence-corrected chi connectivity index (χ4v) is 2.92. The minimum absolute atomic E-state index is 0.103. The Morgan fingerprint density at radius 3 is 2.93 bits per heavy atom. The Kier molecular flexibility index (Phi) is 4.89. The van der Waals surface area contributed by atoms with E-state index in [2.05, 4.69) is 9.97 Å². The van der Waals surface area contributed by atoms with Gasteiger partial charge < -0.3 is 13.6 Å². The summed E-state index contributed by atoms with van der Waals surface area (Å²) in [4.78, 5) is 20.6. The number of nitrogens with zero attached hydrogens (tertiary/aromatic N) is 3. The third-order valence-electron chi connectivity index (χ3n) is 4.34. The van der Waals surface area contributed by atoms with E-state index < -0.39 is 0 Å². The van der Waals surface area contributed by atoms with Gasteiger partial charge in [-0.1, -0.05) is 18.2 Å². The van der Waals surface area contributed by atoms with Crippen molar-refractivity contribution < 1.29 is 18.3 Å². The largest absolute Gasteiger partial charge is 0.459 e. The predicted molar refractivity (Wildman–Crippen MR) is 99.9 cm³/mol. The van der Waals surface area contributed by atoms with Gasteiger partial charge in [0.05, 0.1) is 23.9 Å². The number of benzene rings is 1. The first-order chi connectivity index (χ1) is 13.6. The monoisotopic (exact) mass is 379 g/mol. The fourth-order valence-electron chi connectivity index (χ4n) is 2.92. The summed E-state index contributed by atoms with van der Waals surface area (Å²) in [6, 6.07) is 10.2. The molecule has 0 unspecified atom stereocenters. The van der Waals surface area contributed by atoms with Crippen LogP contribution in [0.25, 0.3) is 17.0 Å². The van der Waals surface area contributed by atoms with E-state index >= 15 is 0 Å². The van der Waals surface area contributed by atoms with Gasteiger partial charge in [-0.2, -0.15) is 0 Å². The van der Waals surface area contributed by atoms with Gasteiger partial charge in [-0.05, 0) is 30.7 Å². The average Bonchev–Trinajstić information content (AvgIpc) is 3.33. The van der Waals surface area contributed by atoms with Crippen molar-refractivity contribution in [3.8, 4) is 11.3 Å². The van der Waals surface area contributed by atoms with Gasteiger partial charge >= 0.3 is 5.97 Å². The Balaban J connectivity index is 1.32. The number of hydrogen-bond donors (Lipinski definition) is 0. The predicted octanol–water partition coefficient (Wildman–Crippen LogP) is 4.11. The molecule has 0 N–H and O–H groups in total. The minimum atomic E-state index is -0.382. The molecule has 4 rings (SSSR count). The molecule has 7 heteroatoms. The lowest BCUT2D eigenvalue weighted by atomic mass is 10.2. The van der Waals surface area contributed by atoms with Gasteiger partial charge in [-0.3, -0.25) is 4.79 Å². The summed E-state index contributed by atoms with van der Waals surface area (Å²) in [6.45, 7) is 2.08. The van der Waals surface area contributed by atoms with Crippen molar-refractivity contribution in [1.29, 1.82) is 0 Å². The number of hydrogen-bond acceptors (Lipinski definition) is 5. The first-order valence-electron chi connectivity index (χ1n) is 8.88. The second-order valence-corrected chi connectivity index (χ2v) is 6.41. The molecule has 0 spiro atoms. The van der Waals surface area contributed by atoms with E-state index in [4.69, 9.17) is 9.15 Å². The van der Waals surface area contributed by atoms with Gasteiger partial charge in [0.15, 0.2) is 11.7 Å².